The molecule has 0 aromatic carbocycles. The summed E-state index contributed by atoms with van der Waals surface area (Å²) >= 11 is 11.5. The van der Waals surface area contributed by atoms with Gasteiger partial charge in [0.15, 0.2) is 0 Å². The Morgan fingerprint density at radius 1 is 0.588 bits per heavy atom. The van der Waals surface area contributed by atoms with Gasteiger partial charge in [0, 0.05) is 30.1 Å². The summed E-state index contributed by atoms with van der Waals surface area (Å²) in [6.07, 6.45) is 1.84. The van der Waals surface area contributed by atoms with Crippen LogP contribution in [0.4, 0.5) is 0 Å². The van der Waals surface area contributed by atoms with Gasteiger partial charge in [0.05, 0.1) is 25.3 Å². The van der Waals surface area contributed by atoms with Crippen LogP contribution in [0.3, 0.4) is 0 Å². The van der Waals surface area contributed by atoms with Crippen molar-refractivity contribution in [2.75, 3.05) is 30.5 Å². The molecule has 0 fully saturated rings. The Labute approximate surface area is 221 Å². The van der Waals surface area contributed by atoms with Crippen LogP contribution in [0.1, 0.15) is 53.9 Å². The molecule has 8 N–H and O–H groups in total. The molecule has 13 heteroatoms. The second-order valence-electron chi connectivity index (χ2n) is 6.53. The molecule has 10 nitrogen and oxygen atoms in total. The van der Waals surface area contributed by atoms with Crippen molar-refractivity contribution in [2.45, 2.75) is 78.0 Å². The van der Waals surface area contributed by atoms with E-state index < -0.39 is 12.1 Å². The molecule has 0 unspecified atom stereocenters. The monoisotopic (exact) mass is 546 g/mol. The van der Waals surface area contributed by atoms with Crippen LogP contribution >= 0.6 is 37.9 Å². The smallest absolute Gasteiger partial charge is 0.323 e. The molecule has 34 heavy (non-hydrogen) atoms. The van der Waals surface area contributed by atoms with Gasteiger partial charge in [-0.3, -0.25) is 19.2 Å². The molecule has 0 aliphatic rings. The zero-order chi connectivity index (χ0) is 27.7. The minimum atomic E-state index is -0.576. The zero-order valence-electron chi connectivity index (χ0n) is 21.1. The van der Waals surface area contributed by atoms with Crippen molar-refractivity contribution in [1.29, 1.82) is 0 Å². The van der Waals surface area contributed by atoms with Crippen molar-refractivity contribution in [3.05, 3.63) is 0 Å². The van der Waals surface area contributed by atoms with Crippen LogP contribution < -0.4 is 22.9 Å². The van der Waals surface area contributed by atoms with Crippen molar-refractivity contribution in [1.82, 2.24) is 0 Å². The standard InChI is InChI=1S/C6H13NO.2C5H11NO2S.C5H11NOS/c1-3-5(7)6(8)4-2;2*1-2-8-5(7)4(6)3-9;1-2-5(7)4(6)3-8/h5H,3-4,7H2,1-2H3;2*4,9H,2-3,6H2,1H3;4,8H,2-3,6H2,1H3/t5-;3*4-/m1100/s1. The molecule has 0 aliphatic heterocycles. The number of ether oxygens (including phenoxy) is 2. The average molecular weight is 547 g/mol. The number of hydrogen-bond acceptors (Lipinski definition) is 13. The van der Waals surface area contributed by atoms with E-state index in [4.69, 9.17) is 22.9 Å². The fourth-order valence-electron chi connectivity index (χ4n) is 1.50. The van der Waals surface area contributed by atoms with Crippen LogP contribution in [0.2, 0.25) is 0 Å². The zero-order valence-corrected chi connectivity index (χ0v) is 23.8. The number of thiol groups is 3. The van der Waals surface area contributed by atoms with E-state index in [0.717, 1.165) is 6.42 Å². The third kappa shape index (κ3) is 25.8. The van der Waals surface area contributed by atoms with E-state index in [9.17, 15) is 19.2 Å². The molecule has 0 saturated carbocycles. The Morgan fingerprint density at radius 3 is 1.03 bits per heavy atom. The third-order valence-corrected chi connectivity index (χ3v) is 4.91. The molecule has 0 aromatic rings. The highest BCUT2D eigenvalue weighted by Gasteiger charge is 2.11. The molecule has 0 heterocycles. The summed E-state index contributed by atoms with van der Waals surface area (Å²) in [4.78, 5) is 42.3. The SMILES string of the molecule is CCC(=O)[C@@H](N)CS.CCC(=O)[C@H](N)CC.CCOC(=O)[C@@H](N)CS.CCOC(=O)[C@H](N)CS. The lowest BCUT2D eigenvalue weighted by Gasteiger charge is -2.05. The lowest BCUT2D eigenvalue weighted by molar-refractivity contribution is -0.144. The number of Topliss-reactive ketones (excluding diaryl/α,β-unsaturated/α-hetero) is 2. The second kappa shape index (κ2) is 28.4. The highest BCUT2D eigenvalue weighted by molar-refractivity contribution is 7.80. The molecule has 0 spiro atoms. The summed E-state index contributed by atoms with van der Waals surface area (Å²) in [6, 6.07) is -1.73. The van der Waals surface area contributed by atoms with Gasteiger partial charge in [-0.25, -0.2) is 0 Å². The number of rotatable bonds is 12. The summed E-state index contributed by atoms with van der Waals surface area (Å²) in [5, 5.41) is 0. The first-order valence-electron chi connectivity index (χ1n) is 11.1. The summed E-state index contributed by atoms with van der Waals surface area (Å²) in [5.41, 5.74) is 21.2. The molecule has 0 aliphatic carbocycles. The highest BCUT2D eigenvalue weighted by Crippen LogP contribution is 1.91. The van der Waals surface area contributed by atoms with E-state index in [0.29, 0.717) is 43.3 Å². The van der Waals surface area contributed by atoms with Crippen LogP contribution in [0.5, 0.6) is 0 Å². The maximum atomic E-state index is 10.6. The van der Waals surface area contributed by atoms with E-state index in [1.807, 2.05) is 13.8 Å². The Hall–Kier alpha value is -0.830. The molecule has 204 valence electrons. The lowest BCUT2D eigenvalue weighted by atomic mass is 10.1. The number of nitrogens with two attached hydrogens (primary N) is 4. The van der Waals surface area contributed by atoms with E-state index >= 15 is 0 Å². The Bertz CT molecular complexity index is 499. The summed E-state index contributed by atoms with van der Waals surface area (Å²) in [7, 11) is 0. The number of hydrogen-bond donors (Lipinski definition) is 7. The van der Waals surface area contributed by atoms with E-state index in [2.05, 4.69) is 47.4 Å². The first-order valence-corrected chi connectivity index (χ1v) is 13.0. The van der Waals surface area contributed by atoms with Crippen LogP contribution in [-0.4, -0.2) is 78.1 Å². The summed E-state index contributed by atoms with van der Waals surface area (Å²) in [6.45, 7) is 9.77. The van der Waals surface area contributed by atoms with Crippen molar-refractivity contribution < 1.29 is 28.7 Å². The number of carbonyl (C=O) groups is 4. The Morgan fingerprint density at radius 2 is 0.882 bits per heavy atom. The van der Waals surface area contributed by atoms with Crippen LogP contribution in [0.25, 0.3) is 0 Å². The highest BCUT2D eigenvalue weighted by atomic mass is 32.1. The molecule has 0 aromatic heterocycles. The number of carbonyl (C=O) groups excluding carboxylic acids is 4. The van der Waals surface area contributed by atoms with Gasteiger partial charge in [-0.05, 0) is 20.3 Å². The molecular formula is C21H46N4O6S3. The van der Waals surface area contributed by atoms with Gasteiger partial charge in [-0.2, -0.15) is 37.9 Å². The van der Waals surface area contributed by atoms with Crippen molar-refractivity contribution in [3.8, 4) is 0 Å². The van der Waals surface area contributed by atoms with Gasteiger partial charge in [0.25, 0.3) is 0 Å². The largest absolute Gasteiger partial charge is 0.465 e. The fraction of sp³-hybridized carbons (Fsp3) is 0.810. The third-order valence-electron chi connectivity index (χ3n) is 3.73. The van der Waals surface area contributed by atoms with Gasteiger partial charge >= 0.3 is 11.9 Å². The van der Waals surface area contributed by atoms with Gasteiger partial charge < -0.3 is 32.4 Å². The van der Waals surface area contributed by atoms with Gasteiger partial charge in [0.1, 0.15) is 23.7 Å². The number of esters is 2. The molecule has 0 amide bonds. The van der Waals surface area contributed by atoms with Gasteiger partial charge in [0.2, 0.25) is 0 Å². The van der Waals surface area contributed by atoms with E-state index in [1.165, 1.54) is 0 Å². The number of ketones is 2. The molecule has 0 rings (SSSR count). The molecule has 0 saturated heterocycles. The molecule has 4 atom stereocenters. The Kier molecular flexibility index (Phi) is 33.7. The summed E-state index contributed by atoms with van der Waals surface area (Å²) in [5.74, 6) is 0.595. The first-order chi connectivity index (χ1) is 15.9. The van der Waals surface area contributed by atoms with Crippen molar-refractivity contribution in [2.24, 2.45) is 22.9 Å². The molecule has 0 radical (unpaired) electrons. The quantitative estimate of drug-likeness (QED) is 0.134. The molecular weight excluding hydrogens is 500 g/mol. The average Bonchev–Trinajstić information content (AvgIpc) is 2.86. The fourth-order valence-corrected chi connectivity index (χ4v) is 2.00. The van der Waals surface area contributed by atoms with Crippen LogP contribution in [-0.2, 0) is 28.7 Å². The topological polar surface area (TPSA) is 191 Å². The van der Waals surface area contributed by atoms with Gasteiger partial charge in [-0.1, -0.05) is 20.8 Å². The molecule has 0 bridgehead atoms. The lowest BCUT2D eigenvalue weighted by Crippen LogP contribution is -2.33. The van der Waals surface area contributed by atoms with Crippen LogP contribution in [0.15, 0.2) is 0 Å². The van der Waals surface area contributed by atoms with E-state index in [1.54, 1.807) is 20.8 Å². The first kappa shape index (κ1) is 40.3. The predicted molar refractivity (Wildman–Crippen MR) is 148 cm³/mol. The van der Waals surface area contributed by atoms with Gasteiger partial charge in [-0.15, -0.1) is 0 Å². The minimum absolute atomic E-state index is 0.0833. The maximum Gasteiger partial charge on any atom is 0.323 e. The summed E-state index contributed by atoms with van der Waals surface area (Å²) < 4.78 is 9.16. The maximum absolute atomic E-state index is 10.6. The Balaban J connectivity index is -0.000000177. The second-order valence-corrected chi connectivity index (χ2v) is 7.62. The normalized spacial score (nSPS) is 13.1. The van der Waals surface area contributed by atoms with Crippen molar-refractivity contribution >= 4 is 61.4 Å². The van der Waals surface area contributed by atoms with Crippen LogP contribution in [0, 0.1) is 0 Å². The van der Waals surface area contributed by atoms with Crippen molar-refractivity contribution in [3.63, 3.8) is 0 Å². The van der Waals surface area contributed by atoms with E-state index in [-0.39, 0.29) is 35.6 Å². The minimum Gasteiger partial charge on any atom is -0.465 e. The predicted octanol–water partition coefficient (Wildman–Crippen LogP) is 0.539.